The first kappa shape index (κ1) is 55.4. The van der Waals surface area contributed by atoms with Crippen molar-refractivity contribution in [3.63, 3.8) is 0 Å². The van der Waals surface area contributed by atoms with Crippen LogP contribution in [0.3, 0.4) is 0 Å². The fourth-order valence-corrected chi connectivity index (χ4v) is 7.24. The molecule has 1 fully saturated rings. The van der Waals surface area contributed by atoms with E-state index in [1.165, 1.54) is 11.8 Å². The summed E-state index contributed by atoms with van der Waals surface area (Å²) in [7, 11) is 0. The van der Waals surface area contributed by atoms with Crippen LogP contribution >= 0.6 is 0 Å². The number of carbonyl (C=O) groups is 9. The van der Waals surface area contributed by atoms with Gasteiger partial charge in [-0.25, -0.2) is 0 Å². The van der Waals surface area contributed by atoms with Crippen molar-refractivity contribution in [1.82, 2.24) is 47.4 Å². The second-order valence-electron chi connectivity index (χ2n) is 15.9. The van der Waals surface area contributed by atoms with Crippen molar-refractivity contribution in [2.45, 2.75) is 134 Å². The van der Waals surface area contributed by atoms with Crippen molar-refractivity contribution in [2.24, 2.45) is 22.9 Å². The number of nitrogens with one attached hydrogen (secondary N) is 8. The number of nitrogens with two attached hydrogens (primary N) is 4. The van der Waals surface area contributed by atoms with Crippen molar-refractivity contribution in [3.05, 3.63) is 35.9 Å². The third kappa shape index (κ3) is 18.0. The van der Waals surface area contributed by atoms with E-state index in [0.29, 0.717) is 12.0 Å². The van der Waals surface area contributed by atoms with E-state index in [4.69, 9.17) is 22.9 Å². The molecule has 0 radical (unpaired) electrons. The van der Waals surface area contributed by atoms with Gasteiger partial charge in [-0.05, 0) is 91.0 Å². The van der Waals surface area contributed by atoms with Crippen LogP contribution in [0.1, 0.15) is 78.2 Å². The van der Waals surface area contributed by atoms with E-state index in [1.807, 2.05) is 6.92 Å². The Kier molecular flexibility index (Phi) is 24.6. The van der Waals surface area contributed by atoms with E-state index in [9.17, 15) is 48.3 Å². The summed E-state index contributed by atoms with van der Waals surface area (Å²) < 4.78 is 0. The van der Waals surface area contributed by atoms with Crippen LogP contribution in [-0.2, 0) is 49.6 Å². The molecule has 9 atom stereocenters. The van der Waals surface area contributed by atoms with Crippen LogP contribution in [0.2, 0.25) is 0 Å². The van der Waals surface area contributed by atoms with E-state index in [0.717, 1.165) is 0 Å². The molecular weight excluding hydrogens is 847 g/mol. The van der Waals surface area contributed by atoms with Gasteiger partial charge in [0.1, 0.15) is 42.3 Å². The van der Waals surface area contributed by atoms with Crippen molar-refractivity contribution in [3.8, 4) is 0 Å². The number of likely N-dealkylation sites (tertiary alicyclic amines) is 1. The van der Waals surface area contributed by atoms with Crippen LogP contribution in [0, 0.1) is 0 Å². The van der Waals surface area contributed by atoms with Crippen LogP contribution in [-0.4, -0.2) is 157 Å². The second kappa shape index (κ2) is 28.9. The summed E-state index contributed by atoms with van der Waals surface area (Å²) in [4.78, 5) is 121. The normalized spacial score (nSPS) is 17.8. The molecule has 1 aliphatic heterocycles. The Morgan fingerprint density at radius 1 is 0.677 bits per heavy atom. The molecule has 0 aliphatic carbocycles. The Labute approximate surface area is 379 Å². The van der Waals surface area contributed by atoms with E-state index in [1.54, 1.807) is 44.2 Å². The number of nitrogens with zero attached hydrogens (tertiary/aromatic N) is 1. The molecule has 8 unspecified atom stereocenters. The highest BCUT2D eigenvalue weighted by Gasteiger charge is 2.45. The molecule has 65 heavy (non-hydrogen) atoms. The number of likely N-dealkylation sites (N-methyl/N-ethyl adjacent to an activating group) is 1. The molecule has 1 aromatic carbocycles. The SMILES string of the molecule is CCCC(=O)NC(CCN)C(=O)NCC(=O)NC(CCN)C(=O)N[C@H](Cc1ccccc1)C(=O)NC1CC(C)N(C(CCN)C(=O)NC(CCN)C(=O)NC(C(=O)NCC)C(C)O)C1=O. The molecule has 2 rings (SSSR count). The summed E-state index contributed by atoms with van der Waals surface area (Å²) >= 11 is 0. The third-order valence-corrected chi connectivity index (χ3v) is 10.5. The first-order valence-corrected chi connectivity index (χ1v) is 22.2. The van der Waals surface area contributed by atoms with Gasteiger partial charge in [-0.15, -0.1) is 0 Å². The van der Waals surface area contributed by atoms with Gasteiger partial charge in [-0.3, -0.25) is 43.2 Å². The zero-order valence-electron chi connectivity index (χ0n) is 37.9. The lowest BCUT2D eigenvalue weighted by atomic mass is 10.0. The van der Waals surface area contributed by atoms with E-state index >= 15 is 0 Å². The molecule has 364 valence electrons. The number of hydrogen-bond acceptors (Lipinski definition) is 14. The zero-order chi connectivity index (χ0) is 48.6. The number of benzene rings is 1. The van der Waals surface area contributed by atoms with Crippen LogP contribution in [0.25, 0.3) is 0 Å². The predicted octanol–water partition coefficient (Wildman–Crippen LogP) is -5.04. The summed E-state index contributed by atoms with van der Waals surface area (Å²) in [5.74, 6) is -6.02. The van der Waals surface area contributed by atoms with Crippen molar-refractivity contribution < 1.29 is 48.3 Å². The second-order valence-corrected chi connectivity index (χ2v) is 15.9. The van der Waals surface area contributed by atoms with Crippen LogP contribution < -0.4 is 65.5 Å². The van der Waals surface area contributed by atoms with Gasteiger partial charge in [0.15, 0.2) is 0 Å². The fraction of sp³-hybridized carbons (Fsp3) is 0.643. The van der Waals surface area contributed by atoms with Gasteiger partial charge < -0.3 is 75.5 Å². The molecule has 0 bridgehead atoms. The van der Waals surface area contributed by atoms with Crippen molar-refractivity contribution in [1.29, 1.82) is 0 Å². The summed E-state index contributed by atoms with van der Waals surface area (Å²) in [6, 6.07) is -0.284. The minimum atomic E-state index is -1.32. The standard InChI is InChI=1S/C42H71N13O10/c1-5-10-33(57)49-27(13-17-43)36(59)48-23-34(58)50-28(14-18-44)37(60)52-30(22-26-11-8-7-9-12-26)39(62)53-31-21-24(3)55(42(31)65)32(16-20-46)40(63)51-29(15-19-45)38(61)54-35(25(4)56)41(64)47-6-2/h7-9,11-12,24-25,27-32,35,56H,5-6,10,13-23,43-46H2,1-4H3,(H,47,64)(H,48,59)(H,49,57)(H,50,58)(H,51,63)(H,52,60)(H,53,62)(H,54,61)/t24?,25?,27?,28?,29?,30-,31?,32?,35?/m1/s1. The van der Waals surface area contributed by atoms with E-state index < -0.39 is 108 Å². The first-order valence-electron chi connectivity index (χ1n) is 22.2. The summed E-state index contributed by atoms with van der Waals surface area (Å²) in [5, 5.41) is 30.7. The Hall–Kier alpha value is -5.75. The van der Waals surface area contributed by atoms with Gasteiger partial charge in [-0.1, -0.05) is 37.3 Å². The highest BCUT2D eigenvalue weighted by atomic mass is 16.3. The smallest absolute Gasteiger partial charge is 0.246 e. The molecule has 1 saturated heterocycles. The van der Waals surface area contributed by atoms with E-state index in [2.05, 4.69) is 42.5 Å². The maximum atomic E-state index is 14.1. The lowest BCUT2D eigenvalue weighted by Gasteiger charge is -2.32. The van der Waals surface area contributed by atoms with Gasteiger partial charge >= 0.3 is 0 Å². The molecular formula is C42H71N13O10. The quantitative estimate of drug-likeness (QED) is 0.0358. The molecule has 1 aromatic rings. The lowest BCUT2D eigenvalue weighted by Crippen LogP contribution is -2.60. The lowest BCUT2D eigenvalue weighted by molar-refractivity contribution is -0.142. The first-order chi connectivity index (χ1) is 31.0. The molecule has 1 heterocycles. The summed E-state index contributed by atoms with van der Waals surface area (Å²) in [6.45, 7) is 6.16. The molecule has 0 aromatic heterocycles. The van der Waals surface area contributed by atoms with Gasteiger partial charge in [0, 0.05) is 25.4 Å². The van der Waals surface area contributed by atoms with Gasteiger partial charge in [0.25, 0.3) is 0 Å². The molecule has 0 spiro atoms. The number of aliphatic hydroxyl groups is 1. The summed E-state index contributed by atoms with van der Waals surface area (Å²) in [5.41, 5.74) is 23.7. The molecule has 0 saturated carbocycles. The van der Waals surface area contributed by atoms with E-state index in [-0.39, 0.29) is 83.6 Å². The Morgan fingerprint density at radius 3 is 1.77 bits per heavy atom. The largest absolute Gasteiger partial charge is 0.391 e. The Morgan fingerprint density at radius 2 is 1.22 bits per heavy atom. The van der Waals surface area contributed by atoms with Gasteiger partial charge in [0.05, 0.1) is 12.6 Å². The van der Waals surface area contributed by atoms with Crippen molar-refractivity contribution in [2.75, 3.05) is 39.3 Å². The zero-order valence-corrected chi connectivity index (χ0v) is 37.9. The molecule has 23 nitrogen and oxygen atoms in total. The third-order valence-electron chi connectivity index (χ3n) is 10.5. The number of amides is 9. The summed E-state index contributed by atoms with van der Waals surface area (Å²) in [6.07, 6.45) is -0.458. The fourth-order valence-electron chi connectivity index (χ4n) is 7.24. The molecule has 1 aliphatic rings. The predicted molar refractivity (Wildman–Crippen MR) is 239 cm³/mol. The maximum absolute atomic E-state index is 14.1. The van der Waals surface area contributed by atoms with Crippen LogP contribution in [0.4, 0.5) is 0 Å². The number of aliphatic hydroxyl groups excluding tert-OH is 1. The highest BCUT2D eigenvalue weighted by Crippen LogP contribution is 2.24. The van der Waals surface area contributed by atoms with Crippen molar-refractivity contribution >= 4 is 53.2 Å². The van der Waals surface area contributed by atoms with Gasteiger partial charge in [-0.2, -0.15) is 0 Å². The average molecular weight is 918 g/mol. The maximum Gasteiger partial charge on any atom is 0.246 e. The van der Waals surface area contributed by atoms with Crippen LogP contribution in [0.15, 0.2) is 30.3 Å². The number of rotatable bonds is 29. The Balaban J connectivity index is 2.25. The molecule has 23 heteroatoms. The number of carbonyl (C=O) groups excluding carboxylic acids is 9. The minimum Gasteiger partial charge on any atom is -0.391 e. The minimum absolute atomic E-state index is 0.0246. The monoisotopic (exact) mass is 918 g/mol. The Bertz CT molecular complexity index is 1750. The van der Waals surface area contributed by atoms with Crippen LogP contribution in [0.5, 0.6) is 0 Å². The molecule has 9 amide bonds. The topological polar surface area (TPSA) is 377 Å². The van der Waals surface area contributed by atoms with Gasteiger partial charge in [0.2, 0.25) is 53.2 Å². The average Bonchev–Trinajstić information content (AvgIpc) is 3.53. The highest BCUT2D eigenvalue weighted by molar-refractivity contribution is 5.98. The number of hydrogen-bond donors (Lipinski definition) is 13. The molecule has 17 N–H and O–H groups in total.